The molecule has 186 valence electrons. The molecule has 0 spiro atoms. The molecule has 11 nitrogen and oxygen atoms in total. The fourth-order valence-electron chi connectivity index (χ4n) is 4.55. The van der Waals surface area contributed by atoms with E-state index in [0.717, 1.165) is 25.7 Å². The summed E-state index contributed by atoms with van der Waals surface area (Å²) in [4.78, 5) is 35.0. The molecule has 0 aromatic carbocycles. The molecule has 1 aliphatic carbocycles. The molecule has 1 aliphatic rings. The molecule has 5 rings (SSSR count). The van der Waals surface area contributed by atoms with E-state index in [9.17, 15) is 9.59 Å². The summed E-state index contributed by atoms with van der Waals surface area (Å²) < 4.78 is 8.55. The van der Waals surface area contributed by atoms with Crippen molar-refractivity contribution < 1.29 is 9.53 Å². The van der Waals surface area contributed by atoms with Crippen LogP contribution in [-0.2, 0) is 4.74 Å². The van der Waals surface area contributed by atoms with Crippen molar-refractivity contribution in [1.29, 1.82) is 0 Å². The fraction of sp³-hybridized carbons (Fsp3) is 0.320. The number of anilines is 3. The minimum atomic E-state index is -0.255. The molecule has 0 unspecified atom stereocenters. The Morgan fingerprint density at radius 1 is 1.19 bits per heavy atom. The maximum absolute atomic E-state index is 13.2. The Bertz CT molecular complexity index is 1430. The van der Waals surface area contributed by atoms with Crippen LogP contribution in [0.5, 0.6) is 0 Å². The topological polar surface area (TPSA) is 127 Å². The molecule has 2 atom stereocenters. The summed E-state index contributed by atoms with van der Waals surface area (Å²) in [7, 11) is 3.46. The number of methoxy groups -OCH3 is 1. The molecule has 1 amide bonds. The number of carbonyl (C=O) groups is 1. The molecule has 0 saturated heterocycles. The van der Waals surface area contributed by atoms with Crippen LogP contribution in [0.25, 0.3) is 11.3 Å². The second kappa shape index (κ2) is 10.2. The largest absolute Gasteiger partial charge is 0.381 e. The van der Waals surface area contributed by atoms with Gasteiger partial charge in [-0.15, -0.1) is 0 Å². The zero-order valence-corrected chi connectivity index (χ0v) is 20.1. The number of nitrogens with one attached hydrogen (secondary N) is 3. The smallest absolute Gasteiger partial charge is 0.278 e. The number of aromatic nitrogens is 5. The van der Waals surface area contributed by atoms with E-state index in [1.807, 2.05) is 0 Å². The Morgan fingerprint density at radius 2 is 2.08 bits per heavy atom. The molecule has 4 aromatic rings. The monoisotopic (exact) mass is 488 g/mol. The number of nitrogens with zero attached hydrogens (tertiary/aromatic N) is 5. The molecule has 1 saturated carbocycles. The van der Waals surface area contributed by atoms with Crippen molar-refractivity contribution >= 4 is 28.9 Å². The van der Waals surface area contributed by atoms with Gasteiger partial charge in [0.2, 0.25) is 0 Å². The summed E-state index contributed by atoms with van der Waals surface area (Å²) in [5, 5.41) is 13.6. The fourth-order valence-corrected chi connectivity index (χ4v) is 4.55. The van der Waals surface area contributed by atoms with Crippen molar-refractivity contribution in [2.75, 3.05) is 24.8 Å². The van der Waals surface area contributed by atoms with Gasteiger partial charge in [0.25, 0.3) is 11.5 Å². The van der Waals surface area contributed by atoms with Gasteiger partial charge in [0, 0.05) is 38.7 Å². The highest BCUT2D eigenvalue weighted by Crippen LogP contribution is 2.23. The summed E-state index contributed by atoms with van der Waals surface area (Å²) >= 11 is 0. The Balaban J connectivity index is 1.45. The van der Waals surface area contributed by atoms with E-state index in [2.05, 4.69) is 31.0 Å². The molecule has 1 fully saturated rings. The average molecular weight is 489 g/mol. The number of fused-ring (bicyclic) bond motifs is 1. The Kier molecular flexibility index (Phi) is 6.63. The third kappa shape index (κ3) is 4.65. The number of pyridine rings is 2. The van der Waals surface area contributed by atoms with Crippen LogP contribution in [-0.4, -0.2) is 56.4 Å². The highest BCUT2D eigenvalue weighted by molar-refractivity contribution is 6.00. The molecule has 4 aromatic heterocycles. The third-order valence-electron chi connectivity index (χ3n) is 6.40. The molecular weight excluding hydrogens is 460 g/mol. The minimum absolute atomic E-state index is 0.0338. The maximum Gasteiger partial charge on any atom is 0.278 e. The van der Waals surface area contributed by atoms with Gasteiger partial charge in [-0.1, -0.05) is 0 Å². The van der Waals surface area contributed by atoms with Crippen molar-refractivity contribution in [2.24, 2.45) is 0 Å². The van der Waals surface area contributed by atoms with Gasteiger partial charge in [-0.3, -0.25) is 19.1 Å². The van der Waals surface area contributed by atoms with E-state index < -0.39 is 0 Å². The highest BCUT2D eigenvalue weighted by atomic mass is 16.5. The number of rotatable bonds is 7. The lowest BCUT2D eigenvalue weighted by molar-refractivity contribution is 0.0563. The van der Waals surface area contributed by atoms with Crippen LogP contribution in [0.3, 0.4) is 0 Å². The summed E-state index contributed by atoms with van der Waals surface area (Å²) in [5.41, 5.74) is 1.46. The van der Waals surface area contributed by atoms with E-state index in [0.29, 0.717) is 34.2 Å². The lowest BCUT2D eigenvalue weighted by Crippen LogP contribution is -2.40. The van der Waals surface area contributed by atoms with Crippen LogP contribution in [0, 0.1) is 0 Å². The number of hydrogen-bond acceptors (Lipinski definition) is 8. The lowest BCUT2D eigenvalue weighted by atomic mass is 9.92. The van der Waals surface area contributed by atoms with Gasteiger partial charge in [-0.25, -0.2) is 4.98 Å². The van der Waals surface area contributed by atoms with Crippen molar-refractivity contribution in [3.63, 3.8) is 0 Å². The SMILES string of the molecule is CNc1cc(Nc2cccn(-c3cccnc3)c2=O)nc2c(C(=O)N[C@H]3CCC[C@H](OC)C3)cnn12. The summed E-state index contributed by atoms with van der Waals surface area (Å²) in [6.07, 6.45) is 10.3. The molecule has 0 radical (unpaired) electrons. The van der Waals surface area contributed by atoms with Crippen LogP contribution in [0.15, 0.2) is 59.9 Å². The molecule has 3 N–H and O–H groups in total. The van der Waals surface area contributed by atoms with Gasteiger partial charge < -0.3 is 20.7 Å². The summed E-state index contributed by atoms with van der Waals surface area (Å²) in [6.45, 7) is 0. The lowest BCUT2D eigenvalue weighted by Gasteiger charge is -2.28. The van der Waals surface area contributed by atoms with Crippen LogP contribution in [0.2, 0.25) is 0 Å². The van der Waals surface area contributed by atoms with Crippen LogP contribution < -0.4 is 21.5 Å². The van der Waals surface area contributed by atoms with E-state index in [1.165, 1.54) is 10.8 Å². The van der Waals surface area contributed by atoms with E-state index >= 15 is 0 Å². The molecule has 4 heterocycles. The Morgan fingerprint density at radius 3 is 2.86 bits per heavy atom. The Labute approximate surface area is 207 Å². The van der Waals surface area contributed by atoms with Gasteiger partial charge in [0.15, 0.2) is 5.65 Å². The highest BCUT2D eigenvalue weighted by Gasteiger charge is 2.25. The normalized spacial score (nSPS) is 17.6. The number of hydrogen-bond donors (Lipinski definition) is 3. The molecule has 11 heteroatoms. The first-order chi connectivity index (χ1) is 17.6. The standard InChI is InChI=1S/C25H28N8O3/c1-26-22-13-21(30-20-9-5-11-32(25(20)35)17-7-4-10-27-14-17)31-23-19(15-28-33(22)23)24(34)29-16-6-3-8-18(12-16)36-2/h4-5,7,9-11,13-16,18,26H,3,6,8,12H2,1-2H3,(H,29,34)(H,30,31)/t16-,18-/m0/s1. The molecular formula is C25H28N8O3. The van der Waals surface area contributed by atoms with Gasteiger partial charge in [-0.05, 0) is 49.9 Å². The predicted molar refractivity (Wildman–Crippen MR) is 136 cm³/mol. The van der Waals surface area contributed by atoms with Crippen LogP contribution in [0.4, 0.5) is 17.3 Å². The first-order valence-electron chi connectivity index (χ1n) is 11.9. The minimum Gasteiger partial charge on any atom is -0.381 e. The van der Waals surface area contributed by atoms with Gasteiger partial charge in [0.05, 0.1) is 24.2 Å². The predicted octanol–water partition coefficient (Wildman–Crippen LogP) is 2.75. The van der Waals surface area contributed by atoms with Crippen molar-refractivity contribution in [3.05, 3.63) is 71.0 Å². The summed E-state index contributed by atoms with van der Waals surface area (Å²) in [6, 6.07) is 8.78. The van der Waals surface area contributed by atoms with Gasteiger partial charge >= 0.3 is 0 Å². The quantitative estimate of drug-likeness (QED) is 0.362. The second-order valence-corrected chi connectivity index (χ2v) is 8.70. The number of carbonyl (C=O) groups excluding carboxylic acids is 1. The van der Waals surface area contributed by atoms with Crippen molar-refractivity contribution in [2.45, 2.75) is 37.8 Å². The van der Waals surface area contributed by atoms with E-state index in [-0.39, 0.29) is 23.6 Å². The van der Waals surface area contributed by atoms with Crippen LogP contribution >= 0.6 is 0 Å². The second-order valence-electron chi connectivity index (χ2n) is 8.70. The van der Waals surface area contributed by atoms with Crippen molar-refractivity contribution in [1.82, 2.24) is 29.5 Å². The first-order valence-corrected chi connectivity index (χ1v) is 11.9. The first kappa shape index (κ1) is 23.5. The van der Waals surface area contributed by atoms with Gasteiger partial charge in [-0.2, -0.15) is 9.61 Å². The third-order valence-corrected chi connectivity index (χ3v) is 6.40. The average Bonchev–Trinajstić information content (AvgIpc) is 3.34. The number of amides is 1. The zero-order valence-electron chi connectivity index (χ0n) is 20.1. The van der Waals surface area contributed by atoms with Crippen LogP contribution in [0.1, 0.15) is 36.0 Å². The van der Waals surface area contributed by atoms with Gasteiger partial charge in [0.1, 0.15) is 22.9 Å². The molecule has 0 bridgehead atoms. The molecule has 0 aliphatic heterocycles. The number of ether oxygens (including phenoxy) is 1. The zero-order chi connectivity index (χ0) is 25.1. The molecule has 36 heavy (non-hydrogen) atoms. The summed E-state index contributed by atoms with van der Waals surface area (Å²) in [5.74, 6) is 0.777. The Hall–Kier alpha value is -4.25. The van der Waals surface area contributed by atoms with Crippen molar-refractivity contribution in [3.8, 4) is 5.69 Å². The van der Waals surface area contributed by atoms with E-state index in [1.54, 1.807) is 67.6 Å². The maximum atomic E-state index is 13.2. The van der Waals surface area contributed by atoms with E-state index in [4.69, 9.17) is 4.74 Å².